The number of nitrogens with zero attached hydrogens (tertiary/aromatic N) is 5. The molecule has 3 aliphatic heterocycles. The van der Waals surface area contributed by atoms with Crippen molar-refractivity contribution in [3.8, 4) is 6.07 Å². The van der Waals surface area contributed by atoms with Crippen LogP contribution in [0.25, 0.3) is 0 Å². The summed E-state index contributed by atoms with van der Waals surface area (Å²) in [6.45, 7) is 3.80. The molecule has 336 valence electrons. The first-order valence-electron chi connectivity index (χ1n) is 22.1. The number of esters is 2. The highest BCUT2D eigenvalue weighted by molar-refractivity contribution is 6.06. The van der Waals surface area contributed by atoms with Gasteiger partial charge in [-0.05, 0) is 45.4 Å². The van der Waals surface area contributed by atoms with Gasteiger partial charge in [-0.1, -0.05) is 164 Å². The SMILES string of the molecule is C=CCc1ccccc1C1=NC(c2ccc([N+](=O)[O-])cc2)C(C(=O)OC)C1.COC(=O)C1CC(c2ccccc2)=NC1c1ccccc1.N#CC1CC(c2ccccc2)=NC1c1ccccc1. The van der Waals surface area contributed by atoms with Crippen LogP contribution in [0, 0.1) is 39.2 Å². The highest BCUT2D eigenvalue weighted by atomic mass is 16.6. The van der Waals surface area contributed by atoms with Gasteiger partial charge in [0.2, 0.25) is 0 Å². The number of aliphatic imine (C=N–C) groups is 3. The quantitative estimate of drug-likeness (QED) is 0.0542. The molecule has 3 aliphatic rings. The third-order valence-corrected chi connectivity index (χ3v) is 12.1. The van der Waals surface area contributed by atoms with E-state index in [1.54, 1.807) is 12.1 Å². The van der Waals surface area contributed by atoms with Gasteiger partial charge in [0, 0.05) is 48.5 Å². The lowest BCUT2D eigenvalue weighted by molar-refractivity contribution is -0.384. The molecular weight excluding hydrogens is 839 g/mol. The predicted molar refractivity (Wildman–Crippen MR) is 261 cm³/mol. The van der Waals surface area contributed by atoms with Gasteiger partial charge in [0.05, 0.1) is 61.1 Å². The molecule has 0 aliphatic carbocycles. The van der Waals surface area contributed by atoms with Gasteiger partial charge in [0.15, 0.2) is 0 Å². The van der Waals surface area contributed by atoms with Crippen molar-refractivity contribution in [2.24, 2.45) is 32.7 Å². The number of nitriles is 1. The maximum atomic E-state index is 12.3. The molecule has 0 N–H and O–H groups in total. The topological polar surface area (TPSA) is 157 Å². The minimum Gasteiger partial charge on any atom is -0.469 e. The number of carbonyl (C=O) groups is 2. The fourth-order valence-corrected chi connectivity index (χ4v) is 8.71. The Kier molecular flexibility index (Phi) is 15.9. The normalized spacial score (nSPS) is 20.2. The first-order chi connectivity index (χ1) is 32.7. The van der Waals surface area contributed by atoms with Crippen molar-refractivity contribution >= 4 is 34.8 Å². The van der Waals surface area contributed by atoms with Gasteiger partial charge in [-0.3, -0.25) is 34.7 Å². The van der Waals surface area contributed by atoms with Gasteiger partial charge in [-0.25, -0.2) is 0 Å². The summed E-state index contributed by atoms with van der Waals surface area (Å²) in [4.78, 5) is 49.2. The minimum atomic E-state index is -0.455. The smallest absolute Gasteiger partial charge is 0.311 e. The third kappa shape index (κ3) is 11.4. The first-order valence-corrected chi connectivity index (χ1v) is 22.1. The number of rotatable bonds is 11. The molecule has 0 aromatic heterocycles. The average molecular weight is 890 g/mol. The van der Waals surface area contributed by atoms with Crippen molar-refractivity contribution in [1.82, 2.24) is 0 Å². The van der Waals surface area contributed by atoms with E-state index in [2.05, 4.69) is 24.8 Å². The minimum absolute atomic E-state index is 0.00639. The second-order valence-corrected chi connectivity index (χ2v) is 16.2. The Hall–Kier alpha value is -8.10. The molecule has 0 spiro atoms. The van der Waals surface area contributed by atoms with Crippen LogP contribution in [0.2, 0.25) is 0 Å². The number of allylic oxidation sites excluding steroid dienone is 1. The second kappa shape index (κ2) is 22.7. The molecule has 6 aromatic rings. The highest BCUT2D eigenvalue weighted by Crippen LogP contribution is 2.40. The summed E-state index contributed by atoms with van der Waals surface area (Å²) >= 11 is 0. The largest absolute Gasteiger partial charge is 0.469 e. The fourth-order valence-electron chi connectivity index (χ4n) is 8.71. The Morgan fingerprint density at radius 2 is 1.03 bits per heavy atom. The number of carbonyl (C=O) groups excluding carboxylic acids is 2. The number of hydrogen-bond donors (Lipinski definition) is 0. The average Bonchev–Trinajstić information content (AvgIpc) is 4.16. The van der Waals surface area contributed by atoms with E-state index in [1.165, 1.54) is 26.4 Å². The molecule has 0 saturated heterocycles. The molecule has 0 saturated carbocycles. The van der Waals surface area contributed by atoms with Gasteiger partial charge in [-0.15, -0.1) is 6.58 Å². The van der Waals surface area contributed by atoms with Crippen molar-refractivity contribution in [3.63, 3.8) is 0 Å². The van der Waals surface area contributed by atoms with Crippen LogP contribution in [0.5, 0.6) is 0 Å². The van der Waals surface area contributed by atoms with Crippen molar-refractivity contribution in [2.75, 3.05) is 14.2 Å². The molecule has 0 radical (unpaired) electrons. The fraction of sp³-hybridized carbons (Fsp3) is 0.214. The first kappa shape index (κ1) is 46.9. The summed E-state index contributed by atoms with van der Waals surface area (Å²) in [6, 6.07) is 56.0. The lowest BCUT2D eigenvalue weighted by Gasteiger charge is -2.15. The monoisotopic (exact) mass is 889 g/mol. The number of methoxy groups -OCH3 is 2. The van der Waals surface area contributed by atoms with Crippen LogP contribution in [0.3, 0.4) is 0 Å². The predicted octanol–water partition coefficient (Wildman–Crippen LogP) is 11.2. The molecule has 9 rings (SSSR count). The van der Waals surface area contributed by atoms with Gasteiger partial charge >= 0.3 is 11.9 Å². The molecule has 67 heavy (non-hydrogen) atoms. The van der Waals surface area contributed by atoms with E-state index in [0.717, 1.165) is 62.5 Å². The van der Waals surface area contributed by atoms with Crippen LogP contribution in [0.4, 0.5) is 5.69 Å². The number of non-ortho nitro benzene ring substituents is 1. The van der Waals surface area contributed by atoms with E-state index in [0.29, 0.717) is 19.3 Å². The zero-order valence-corrected chi connectivity index (χ0v) is 37.4. The van der Waals surface area contributed by atoms with Crippen LogP contribution in [-0.2, 0) is 25.5 Å². The van der Waals surface area contributed by atoms with Crippen LogP contribution < -0.4 is 0 Å². The highest BCUT2D eigenvalue weighted by Gasteiger charge is 2.39. The Bertz CT molecular complexity index is 2790. The summed E-state index contributed by atoms with van der Waals surface area (Å²) in [5.41, 5.74) is 10.1. The maximum absolute atomic E-state index is 12.3. The molecule has 0 fully saturated rings. The molecule has 6 atom stereocenters. The zero-order valence-electron chi connectivity index (χ0n) is 37.4. The molecule has 3 heterocycles. The lowest BCUT2D eigenvalue weighted by atomic mass is 9.90. The molecule has 0 bridgehead atoms. The molecule has 6 unspecified atom stereocenters. The Morgan fingerprint density at radius 3 is 1.52 bits per heavy atom. The van der Waals surface area contributed by atoms with Crippen molar-refractivity contribution in [3.05, 3.63) is 232 Å². The number of ether oxygens (including phenoxy) is 2. The van der Waals surface area contributed by atoms with Crippen LogP contribution >= 0.6 is 0 Å². The van der Waals surface area contributed by atoms with E-state index >= 15 is 0 Å². The zero-order chi connectivity index (χ0) is 47.1. The lowest BCUT2D eigenvalue weighted by Crippen LogP contribution is -2.20. The van der Waals surface area contributed by atoms with Crippen molar-refractivity contribution < 1.29 is 24.0 Å². The van der Waals surface area contributed by atoms with Crippen LogP contribution in [-0.4, -0.2) is 48.2 Å². The van der Waals surface area contributed by atoms with E-state index in [9.17, 15) is 25.0 Å². The van der Waals surface area contributed by atoms with Crippen LogP contribution in [0.15, 0.2) is 197 Å². The van der Waals surface area contributed by atoms with Gasteiger partial charge < -0.3 is 9.47 Å². The summed E-state index contributed by atoms with van der Waals surface area (Å²) in [7, 11) is 2.80. The number of benzene rings is 6. The molecule has 11 nitrogen and oxygen atoms in total. The van der Waals surface area contributed by atoms with E-state index in [-0.39, 0.29) is 41.5 Å². The Balaban J connectivity index is 0.000000152. The standard InChI is InChI=1S/C21H20N2O4.C18H17NO2.C17H14N2/c1-3-6-14-7-4-5-8-17(14)19-13-18(21(24)27-2)20(22-19)15-9-11-16(12-10-15)23(25)26;1-21-18(20)15-12-16(13-8-4-2-5-9-13)19-17(15)14-10-6-3-7-11-14;18-12-15-11-16(13-7-3-1-4-8-13)19-17(15)14-9-5-2-6-10-14/h3-5,7-12,18,20H,1,6,13H2,2H3;2-11,15,17H,12H2,1H3;1-10,15,17H,11H2. The number of nitro groups is 1. The maximum Gasteiger partial charge on any atom is 0.311 e. The van der Waals surface area contributed by atoms with Gasteiger partial charge in [0.25, 0.3) is 5.69 Å². The Labute approximate surface area is 391 Å². The summed E-state index contributed by atoms with van der Waals surface area (Å²) in [5.74, 6) is -1.29. The van der Waals surface area contributed by atoms with Crippen molar-refractivity contribution in [1.29, 1.82) is 5.26 Å². The van der Waals surface area contributed by atoms with E-state index in [4.69, 9.17) is 24.5 Å². The molecule has 6 aromatic carbocycles. The summed E-state index contributed by atoms with van der Waals surface area (Å²) in [5, 5.41) is 20.2. The summed E-state index contributed by atoms with van der Waals surface area (Å²) in [6.07, 6.45) is 4.36. The molecule has 0 amide bonds. The summed E-state index contributed by atoms with van der Waals surface area (Å²) < 4.78 is 9.93. The Morgan fingerprint density at radius 1 is 0.612 bits per heavy atom. The van der Waals surface area contributed by atoms with Crippen molar-refractivity contribution in [2.45, 2.75) is 43.8 Å². The molecule has 11 heteroatoms. The third-order valence-electron chi connectivity index (χ3n) is 12.1. The number of hydrogen-bond acceptors (Lipinski definition) is 10. The van der Waals surface area contributed by atoms with Gasteiger partial charge in [0.1, 0.15) is 0 Å². The second-order valence-electron chi connectivity index (χ2n) is 16.2. The van der Waals surface area contributed by atoms with Crippen LogP contribution in [0.1, 0.15) is 76.3 Å². The van der Waals surface area contributed by atoms with E-state index < -0.39 is 16.9 Å². The van der Waals surface area contributed by atoms with E-state index in [1.807, 2.05) is 140 Å². The van der Waals surface area contributed by atoms with Gasteiger partial charge in [-0.2, -0.15) is 5.26 Å². The number of nitro benzene ring substituents is 1. The molecular formula is C56H51N5O6.